The normalized spacial score (nSPS) is 22.6. The van der Waals surface area contributed by atoms with Gasteiger partial charge in [-0.2, -0.15) is 5.10 Å². The highest BCUT2D eigenvalue weighted by Gasteiger charge is 2.32. The highest BCUT2D eigenvalue weighted by atomic mass is 15.3. The molecule has 0 aromatic carbocycles. The molecule has 0 radical (unpaired) electrons. The summed E-state index contributed by atoms with van der Waals surface area (Å²) in [6.07, 6.45) is 12.7. The van der Waals surface area contributed by atoms with Gasteiger partial charge in [-0.1, -0.05) is 0 Å². The summed E-state index contributed by atoms with van der Waals surface area (Å²) in [6, 6.07) is 3.88. The van der Waals surface area contributed by atoms with Crippen molar-refractivity contribution in [2.45, 2.75) is 32.2 Å². The van der Waals surface area contributed by atoms with Crippen LogP contribution in [0.2, 0.25) is 0 Å². The van der Waals surface area contributed by atoms with E-state index in [1.807, 2.05) is 35.4 Å². The van der Waals surface area contributed by atoms with E-state index in [4.69, 9.17) is 0 Å². The lowest BCUT2D eigenvalue weighted by Gasteiger charge is -2.34. The first-order valence-corrected chi connectivity index (χ1v) is 9.60. The van der Waals surface area contributed by atoms with Crippen LogP contribution < -0.4 is 4.90 Å². The topological polar surface area (TPSA) is 50.1 Å². The first kappa shape index (κ1) is 16.5. The van der Waals surface area contributed by atoms with Gasteiger partial charge in [0.25, 0.3) is 0 Å². The van der Waals surface area contributed by atoms with Gasteiger partial charge in [0.15, 0.2) is 0 Å². The molecule has 134 valence electrons. The van der Waals surface area contributed by atoms with Crippen molar-refractivity contribution < 1.29 is 0 Å². The van der Waals surface area contributed by atoms with Gasteiger partial charge >= 0.3 is 0 Å². The van der Waals surface area contributed by atoms with Gasteiger partial charge in [-0.25, -0.2) is 9.97 Å². The van der Waals surface area contributed by atoms with Gasteiger partial charge in [0, 0.05) is 51.0 Å². The Morgan fingerprint density at radius 2 is 1.68 bits per heavy atom. The van der Waals surface area contributed by atoms with Gasteiger partial charge in [-0.15, -0.1) is 0 Å². The second-order valence-electron chi connectivity index (χ2n) is 7.35. The third-order valence-corrected chi connectivity index (χ3v) is 5.77. The van der Waals surface area contributed by atoms with E-state index in [1.54, 1.807) is 0 Å². The highest BCUT2D eigenvalue weighted by Crippen LogP contribution is 2.32. The summed E-state index contributed by atoms with van der Waals surface area (Å²) in [5.74, 6) is 2.65. The van der Waals surface area contributed by atoms with E-state index in [-0.39, 0.29) is 0 Å². The molecule has 0 N–H and O–H groups in total. The monoisotopic (exact) mass is 340 g/mol. The number of piperidine rings is 1. The van der Waals surface area contributed by atoms with E-state index in [0.717, 1.165) is 37.4 Å². The van der Waals surface area contributed by atoms with Crippen LogP contribution in [0.4, 0.5) is 5.95 Å². The summed E-state index contributed by atoms with van der Waals surface area (Å²) in [4.78, 5) is 13.8. The summed E-state index contributed by atoms with van der Waals surface area (Å²) in [5.41, 5.74) is 0. The van der Waals surface area contributed by atoms with Crippen molar-refractivity contribution >= 4 is 5.95 Å². The minimum atomic E-state index is 0.871. The van der Waals surface area contributed by atoms with Gasteiger partial charge in [-0.05, 0) is 62.7 Å². The second kappa shape index (κ2) is 7.95. The van der Waals surface area contributed by atoms with Gasteiger partial charge in [0.05, 0.1) is 0 Å². The Hall–Kier alpha value is -1.95. The lowest BCUT2D eigenvalue weighted by atomic mass is 9.84. The highest BCUT2D eigenvalue weighted by molar-refractivity contribution is 5.28. The van der Waals surface area contributed by atoms with Crippen LogP contribution in [0.5, 0.6) is 0 Å². The number of likely N-dealkylation sites (tertiary alicyclic amines) is 1. The number of anilines is 1. The minimum absolute atomic E-state index is 0.871. The fourth-order valence-corrected chi connectivity index (χ4v) is 4.36. The molecular weight excluding hydrogens is 312 g/mol. The summed E-state index contributed by atoms with van der Waals surface area (Å²) >= 11 is 0. The summed E-state index contributed by atoms with van der Waals surface area (Å²) in [7, 11) is 0. The van der Waals surface area contributed by atoms with Crippen LogP contribution in [0.25, 0.3) is 0 Å². The smallest absolute Gasteiger partial charge is 0.225 e. The van der Waals surface area contributed by atoms with Crippen molar-refractivity contribution in [1.29, 1.82) is 0 Å². The standard InChI is InChI=1S/C19H28N6/c1-7-20-19(21-8-1)24-14-5-17(6-15-24)18-4-13-23(16-18)10-3-12-25-11-2-9-22-25/h1-2,7-9,11,17-18H,3-6,10,12-16H2/t18-/m0/s1. The second-order valence-corrected chi connectivity index (χ2v) is 7.35. The molecule has 0 amide bonds. The zero-order valence-electron chi connectivity index (χ0n) is 14.9. The zero-order chi connectivity index (χ0) is 16.9. The molecule has 2 aliphatic rings. The Morgan fingerprint density at radius 3 is 2.44 bits per heavy atom. The Kier molecular flexibility index (Phi) is 5.25. The molecule has 0 saturated carbocycles. The molecule has 2 fully saturated rings. The third-order valence-electron chi connectivity index (χ3n) is 5.77. The molecule has 1 atom stereocenters. The Labute approximate surface area is 149 Å². The van der Waals surface area contributed by atoms with E-state index in [2.05, 4.69) is 31.1 Å². The van der Waals surface area contributed by atoms with E-state index < -0.39 is 0 Å². The summed E-state index contributed by atoms with van der Waals surface area (Å²) < 4.78 is 2.04. The predicted molar refractivity (Wildman–Crippen MR) is 98.4 cm³/mol. The number of rotatable bonds is 6. The van der Waals surface area contributed by atoms with Crippen LogP contribution in [0.1, 0.15) is 25.7 Å². The molecule has 2 aliphatic heterocycles. The molecule has 6 heteroatoms. The molecule has 25 heavy (non-hydrogen) atoms. The molecule has 2 aromatic heterocycles. The van der Waals surface area contributed by atoms with Crippen LogP contribution in [0.3, 0.4) is 0 Å². The number of aryl methyl sites for hydroxylation is 1. The average molecular weight is 340 g/mol. The lowest BCUT2D eigenvalue weighted by Crippen LogP contribution is -2.37. The fourth-order valence-electron chi connectivity index (χ4n) is 4.36. The van der Waals surface area contributed by atoms with E-state index in [0.29, 0.717) is 0 Å². The number of aromatic nitrogens is 4. The molecular formula is C19H28N6. The molecule has 0 aliphatic carbocycles. The zero-order valence-corrected chi connectivity index (χ0v) is 14.9. The van der Waals surface area contributed by atoms with Gasteiger partial charge in [0.2, 0.25) is 5.95 Å². The van der Waals surface area contributed by atoms with Gasteiger partial charge in [0.1, 0.15) is 0 Å². The molecule has 0 spiro atoms. The maximum atomic E-state index is 4.39. The number of nitrogens with zero attached hydrogens (tertiary/aromatic N) is 6. The quantitative estimate of drug-likeness (QED) is 0.808. The van der Waals surface area contributed by atoms with Crippen LogP contribution in [-0.2, 0) is 6.54 Å². The minimum Gasteiger partial charge on any atom is -0.341 e. The Bertz CT molecular complexity index is 621. The van der Waals surface area contributed by atoms with Crippen LogP contribution in [-0.4, -0.2) is 57.4 Å². The number of hydrogen-bond donors (Lipinski definition) is 0. The fraction of sp³-hybridized carbons (Fsp3) is 0.632. The van der Waals surface area contributed by atoms with E-state index in [9.17, 15) is 0 Å². The van der Waals surface area contributed by atoms with Gasteiger partial charge in [-0.3, -0.25) is 4.68 Å². The van der Waals surface area contributed by atoms with Crippen molar-refractivity contribution in [3.05, 3.63) is 36.9 Å². The predicted octanol–water partition coefficient (Wildman–Crippen LogP) is 2.30. The van der Waals surface area contributed by atoms with E-state index >= 15 is 0 Å². The van der Waals surface area contributed by atoms with E-state index in [1.165, 1.54) is 45.3 Å². The van der Waals surface area contributed by atoms with Crippen LogP contribution >= 0.6 is 0 Å². The summed E-state index contributed by atoms with van der Waals surface area (Å²) in [5, 5.41) is 4.28. The molecule has 2 aromatic rings. The first-order chi connectivity index (χ1) is 12.4. The largest absolute Gasteiger partial charge is 0.341 e. The van der Waals surface area contributed by atoms with Crippen molar-refractivity contribution in [1.82, 2.24) is 24.6 Å². The van der Waals surface area contributed by atoms with Crippen molar-refractivity contribution in [2.75, 3.05) is 37.6 Å². The molecule has 0 bridgehead atoms. The van der Waals surface area contributed by atoms with Gasteiger partial charge < -0.3 is 9.80 Å². The third kappa shape index (κ3) is 4.18. The molecule has 2 saturated heterocycles. The number of hydrogen-bond acceptors (Lipinski definition) is 5. The Balaban J connectivity index is 1.19. The molecule has 6 nitrogen and oxygen atoms in total. The van der Waals surface area contributed by atoms with Crippen molar-refractivity contribution in [3.8, 4) is 0 Å². The van der Waals surface area contributed by atoms with Crippen molar-refractivity contribution in [3.63, 3.8) is 0 Å². The Morgan fingerprint density at radius 1 is 0.880 bits per heavy atom. The molecule has 4 heterocycles. The molecule has 4 rings (SSSR count). The maximum Gasteiger partial charge on any atom is 0.225 e. The maximum absolute atomic E-state index is 4.39. The lowest BCUT2D eigenvalue weighted by molar-refractivity contribution is 0.251. The molecule has 0 unspecified atom stereocenters. The summed E-state index contributed by atoms with van der Waals surface area (Å²) in [6.45, 7) is 6.99. The van der Waals surface area contributed by atoms with Crippen molar-refractivity contribution in [2.24, 2.45) is 11.8 Å². The first-order valence-electron chi connectivity index (χ1n) is 9.60. The van der Waals surface area contributed by atoms with Crippen LogP contribution in [0, 0.1) is 11.8 Å². The SMILES string of the molecule is c1cnc(N2CCC([C@H]3CCN(CCCn4cccn4)C3)CC2)nc1. The van der Waals surface area contributed by atoms with Crippen LogP contribution in [0.15, 0.2) is 36.9 Å². The average Bonchev–Trinajstić information content (AvgIpc) is 3.35.